The first-order chi connectivity index (χ1) is 13.2. The third kappa shape index (κ3) is 3.79. The zero-order chi connectivity index (χ0) is 18.6. The molecule has 2 N–H and O–H groups in total. The van der Waals surface area contributed by atoms with Crippen LogP contribution in [-0.2, 0) is 12.8 Å². The van der Waals surface area contributed by atoms with E-state index in [9.17, 15) is 9.18 Å². The highest BCUT2D eigenvalue weighted by molar-refractivity contribution is 5.94. The number of hydrogen-bond donors (Lipinski definition) is 2. The maximum atomic E-state index is 13.3. The summed E-state index contributed by atoms with van der Waals surface area (Å²) in [5, 5.41) is 10.2. The van der Waals surface area contributed by atoms with Gasteiger partial charge >= 0.3 is 0 Å². The molecule has 0 spiro atoms. The topological polar surface area (TPSA) is 70.9 Å². The second-order valence-electron chi connectivity index (χ2n) is 6.90. The molecule has 1 amide bonds. The lowest BCUT2D eigenvalue weighted by molar-refractivity contribution is 0.0946. The molecule has 2 aromatic heterocycles. The predicted octanol–water partition coefficient (Wildman–Crippen LogP) is 3.97. The van der Waals surface area contributed by atoms with Gasteiger partial charge in [0.2, 0.25) is 0 Å². The molecule has 140 valence electrons. The van der Waals surface area contributed by atoms with E-state index in [-0.39, 0.29) is 17.6 Å². The Labute approximate surface area is 157 Å². The van der Waals surface area contributed by atoms with Gasteiger partial charge in [-0.05, 0) is 61.9 Å². The van der Waals surface area contributed by atoms with E-state index < -0.39 is 0 Å². The Morgan fingerprint density at radius 1 is 1.22 bits per heavy atom. The Hall–Kier alpha value is -2.89. The Kier molecular flexibility index (Phi) is 5.05. The maximum absolute atomic E-state index is 13.3. The van der Waals surface area contributed by atoms with E-state index in [0.717, 1.165) is 48.3 Å². The fourth-order valence-electron chi connectivity index (χ4n) is 3.74. The summed E-state index contributed by atoms with van der Waals surface area (Å²) in [5.74, 6) is 0.335. The Morgan fingerprint density at radius 2 is 2.04 bits per heavy atom. The molecule has 0 aliphatic heterocycles. The third-order valence-electron chi connectivity index (χ3n) is 5.15. The van der Waals surface area contributed by atoms with E-state index in [2.05, 4.69) is 15.5 Å². The lowest BCUT2D eigenvalue weighted by Gasteiger charge is -2.16. The first-order valence-electron chi connectivity index (χ1n) is 9.35. The number of H-pyrrole nitrogens is 1. The third-order valence-corrected chi connectivity index (χ3v) is 5.15. The molecule has 1 atom stereocenters. The highest BCUT2D eigenvalue weighted by atomic mass is 19.1. The minimum atomic E-state index is -0.270. The van der Waals surface area contributed by atoms with E-state index in [1.165, 1.54) is 12.1 Å². The van der Waals surface area contributed by atoms with E-state index in [4.69, 9.17) is 4.42 Å². The van der Waals surface area contributed by atoms with Gasteiger partial charge in [0.05, 0.1) is 6.26 Å². The van der Waals surface area contributed by atoms with Crippen LogP contribution in [0.1, 0.15) is 58.2 Å². The molecule has 3 aromatic rings. The molecule has 0 radical (unpaired) electrons. The summed E-state index contributed by atoms with van der Waals surface area (Å²) in [4.78, 5) is 12.6. The number of rotatable bonds is 6. The Bertz CT molecular complexity index is 900. The smallest absolute Gasteiger partial charge is 0.272 e. The van der Waals surface area contributed by atoms with Crippen molar-refractivity contribution in [2.45, 2.75) is 38.0 Å². The molecule has 0 fully saturated rings. The fraction of sp³-hybridized carbons (Fsp3) is 0.333. The van der Waals surface area contributed by atoms with Gasteiger partial charge in [0, 0.05) is 23.7 Å². The molecule has 0 saturated heterocycles. The van der Waals surface area contributed by atoms with Crippen LogP contribution in [0.3, 0.4) is 0 Å². The number of amides is 1. The van der Waals surface area contributed by atoms with Crippen LogP contribution in [0.2, 0.25) is 0 Å². The summed E-state index contributed by atoms with van der Waals surface area (Å²) in [6.45, 7) is 0.475. The normalized spacial score (nSPS) is 14.6. The fourth-order valence-corrected chi connectivity index (χ4v) is 3.74. The van der Waals surface area contributed by atoms with Crippen molar-refractivity contribution in [2.24, 2.45) is 0 Å². The number of halogens is 1. The van der Waals surface area contributed by atoms with Gasteiger partial charge in [0.15, 0.2) is 5.69 Å². The second kappa shape index (κ2) is 7.78. The van der Waals surface area contributed by atoms with Gasteiger partial charge in [0.25, 0.3) is 5.91 Å². The van der Waals surface area contributed by atoms with Crippen molar-refractivity contribution < 1.29 is 13.6 Å². The molecule has 4 rings (SSSR count). The van der Waals surface area contributed by atoms with Crippen molar-refractivity contribution >= 4 is 5.91 Å². The van der Waals surface area contributed by atoms with Crippen molar-refractivity contribution in [1.82, 2.24) is 15.5 Å². The van der Waals surface area contributed by atoms with Crippen molar-refractivity contribution in [1.29, 1.82) is 0 Å². The van der Waals surface area contributed by atoms with Crippen molar-refractivity contribution in [3.05, 3.63) is 76.8 Å². The SMILES string of the molecule is O=C(NCCC(c1ccc(F)cc1)c1ccco1)c1n[nH]c2c1CCCC2. The summed E-state index contributed by atoms with van der Waals surface area (Å²) in [6, 6.07) is 10.1. The van der Waals surface area contributed by atoms with Crippen LogP contribution in [0.5, 0.6) is 0 Å². The molecule has 1 aromatic carbocycles. The number of aromatic amines is 1. The van der Waals surface area contributed by atoms with Crippen LogP contribution in [0.4, 0.5) is 4.39 Å². The molecule has 27 heavy (non-hydrogen) atoms. The summed E-state index contributed by atoms with van der Waals surface area (Å²) in [6.07, 6.45) is 6.37. The maximum Gasteiger partial charge on any atom is 0.272 e. The number of hydrogen-bond acceptors (Lipinski definition) is 3. The zero-order valence-corrected chi connectivity index (χ0v) is 15.0. The minimum Gasteiger partial charge on any atom is -0.469 e. The monoisotopic (exact) mass is 367 g/mol. The van der Waals surface area contributed by atoms with E-state index in [1.807, 2.05) is 12.1 Å². The molecule has 1 aliphatic rings. The number of aromatic nitrogens is 2. The number of benzene rings is 1. The minimum absolute atomic E-state index is 0.0472. The zero-order valence-electron chi connectivity index (χ0n) is 15.0. The number of nitrogens with one attached hydrogen (secondary N) is 2. The van der Waals surface area contributed by atoms with E-state index in [1.54, 1.807) is 18.4 Å². The highest BCUT2D eigenvalue weighted by Crippen LogP contribution is 2.28. The van der Waals surface area contributed by atoms with Gasteiger partial charge < -0.3 is 9.73 Å². The van der Waals surface area contributed by atoms with E-state index in [0.29, 0.717) is 18.7 Å². The average molecular weight is 367 g/mol. The van der Waals surface area contributed by atoms with Crippen molar-refractivity contribution in [3.8, 4) is 0 Å². The summed E-state index contributed by atoms with van der Waals surface area (Å²) >= 11 is 0. The van der Waals surface area contributed by atoms with Gasteiger partial charge in [-0.25, -0.2) is 4.39 Å². The van der Waals surface area contributed by atoms with Gasteiger partial charge in [-0.15, -0.1) is 0 Å². The first kappa shape index (κ1) is 17.5. The molecule has 2 heterocycles. The number of carbonyl (C=O) groups excluding carboxylic acids is 1. The number of carbonyl (C=O) groups is 1. The largest absolute Gasteiger partial charge is 0.469 e. The highest BCUT2D eigenvalue weighted by Gasteiger charge is 2.22. The number of nitrogens with zero attached hydrogens (tertiary/aromatic N) is 1. The van der Waals surface area contributed by atoms with Crippen LogP contribution in [0.15, 0.2) is 47.1 Å². The summed E-state index contributed by atoms with van der Waals surface area (Å²) in [7, 11) is 0. The molecular formula is C21H22FN3O2. The van der Waals surface area contributed by atoms with Crippen LogP contribution in [-0.4, -0.2) is 22.6 Å². The molecule has 0 saturated carbocycles. The lowest BCUT2D eigenvalue weighted by atomic mass is 9.93. The van der Waals surface area contributed by atoms with Crippen LogP contribution in [0.25, 0.3) is 0 Å². The van der Waals surface area contributed by atoms with E-state index >= 15 is 0 Å². The summed E-state index contributed by atoms with van der Waals surface area (Å²) < 4.78 is 18.8. The number of furan rings is 1. The van der Waals surface area contributed by atoms with Gasteiger partial charge in [0.1, 0.15) is 11.6 Å². The second-order valence-corrected chi connectivity index (χ2v) is 6.90. The van der Waals surface area contributed by atoms with Crippen LogP contribution >= 0.6 is 0 Å². The standard InChI is InChI=1S/C21H22FN3O2/c22-15-9-7-14(8-10-15)16(19-6-3-13-27-19)11-12-23-21(26)20-17-4-1-2-5-18(17)24-25-20/h3,6-10,13,16H,1-2,4-5,11-12H2,(H,23,26)(H,24,25). The van der Waals surface area contributed by atoms with Crippen LogP contribution < -0.4 is 5.32 Å². The molecule has 0 bridgehead atoms. The lowest BCUT2D eigenvalue weighted by Crippen LogP contribution is -2.27. The van der Waals surface area contributed by atoms with Crippen LogP contribution in [0, 0.1) is 5.82 Å². The number of aryl methyl sites for hydroxylation is 1. The number of fused-ring (bicyclic) bond motifs is 1. The predicted molar refractivity (Wildman–Crippen MR) is 99.1 cm³/mol. The van der Waals surface area contributed by atoms with Crippen molar-refractivity contribution in [3.63, 3.8) is 0 Å². The molecular weight excluding hydrogens is 345 g/mol. The van der Waals surface area contributed by atoms with Crippen molar-refractivity contribution in [2.75, 3.05) is 6.54 Å². The molecule has 5 nitrogen and oxygen atoms in total. The average Bonchev–Trinajstić information content (AvgIpc) is 3.36. The summed E-state index contributed by atoms with van der Waals surface area (Å²) in [5.41, 5.74) is 3.62. The Balaban J connectivity index is 1.43. The molecule has 1 unspecified atom stereocenters. The van der Waals surface area contributed by atoms with Gasteiger partial charge in [-0.2, -0.15) is 5.10 Å². The molecule has 6 heteroatoms. The first-order valence-corrected chi connectivity index (χ1v) is 9.35. The quantitative estimate of drug-likeness (QED) is 0.692. The molecule has 1 aliphatic carbocycles. The Morgan fingerprint density at radius 3 is 2.81 bits per heavy atom. The van der Waals surface area contributed by atoms with Gasteiger partial charge in [-0.3, -0.25) is 9.89 Å². The van der Waals surface area contributed by atoms with Gasteiger partial charge in [-0.1, -0.05) is 12.1 Å².